The van der Waals surface area contributed by atoms with Gasteiger partial charge in [-0.05, 0) is 44.8 Å². The zero-order chi connectivity index (χ0) is 19.2. The van der Waals surface area contributed by atoms with Gasteiger partial charge in [0.25, 0.3) is 0 Å². The molecule has 1 N–H and O–H groups in total. The number of nitrogens with one attached hydrogen (secondary N) is 1. The molecule has 2 heterocycles. The van der Waals surface area contributed by atoms with Crippen LogP contribution in [0.15, 0.2) is 24.3 Å². The molecule has 0 unspecified atom stereocenters. The summed E-state index contributed by atoms with van der Waals surface area (Å²) in [5, 5.41) is 3.72. The van der Waals surface area contributed by atoms with Crippen molar-refractivity contribution in [2.45, 2.75) is 39.5 Å². The van der Waals surface area contributed by atoms with Crippen LogP contribution >= 0.6 is 11.3 Å². The summed E-state index contributed by atoms with van der Waals surface area (Å²) in [6.07, 6.45) is 9.31. The zero-order valence-electron chi connectivity index (χ0n) is 16.1. The van der Waals surface area contributed by atoms with Gasteiger partial charge in [-0.3, -0.25) is 9.69 Å². The lowest BCUT2D eigenvalue weighted by atomic mass is 9.96. The molecule has 1 fully saturated rings. The van der Waals surface area contributed by atoms with Crippen LogP contribution in [0.1, 0.15) is 36.6 Å². The van der Waals surface area contributed by atoms with Crippen LogP contribution in [-0.2, 0) is 11.2 Å². The lowest BCUT2D eigenvalue weighted by Gasteiger charge is -2.29. The van der Waals surface area contributed by atoms with E-state index < -0.39 is 0 Å². The van der Waals surface area contributed by atoms with Gasteiger partial charge >= 0.3 is 0 Å². The van der Waals surface area contributed by atoms with Crippen molar-refractivity contribution in [3.05, 3.63) is 34.7 Å². The number of carbonyl (C=O) groups is 1. The molecule has 0 bridgehead atoms. The summed E-state index contributed by atoms with van der Waals surface area (Å²) in [5.41, 5.74) is 3.41. The maximum Gasteiger partial charge on any atom is 0.229 e. The molecule has 1 aromatic heterocycles. The third kappa shape index (κ3) is 4.97. The van der Waals surface area contributed by atoms with Crippen molar-refractivity contribution in [3.63, 3.8) is 0 Å². The molecule has 0 radical (unpaired) electrons. The third-order valence-corrected chi connectivity index (χ3v) is 5.95. The number of thiazole rings is 1. The number of carbonyl (C=O) groups excluding carboxylic acids is 1. The lowest BCUT2D eigenvalue weighted by molar-refractivity contribution is -0.121. The Hall–Kier alpha value is -2.16. The Labute approximate surface area is 166 Å². The van der Waals surface area contributed by atoms with Gasteiger partial charge in [-0.1, -0.05) is 43.5 Å². The van der Waals surface area contributed by atoms with Gasteiger partial charge in [-0.2, -0.15) is 0 Å². The van der Waals surface area contributed by atoms with Gasteiger partial charge in [0.15, 0.2) is 5.13 Å². The van der Waals surface area contributed by atoms with Crippen molar-refractivity contribution >= 4 is 22.4 Å². The molecule has 0 saturated carbocycles. The first-order chi connectivity index (χ1) is 13.1. The van der Waals surface area contributed by atoms with Crippen LogP contribution in [0.5, 0.6) is 0 Å². The quantitative estimate of drug-likeness (QED) is 0.757. The molecule has 4 nitrogen and oxygen atoms in total. The fourth-order valence-corrected chi connectivity index (χ4v) is 4.36. The molecule has 5 heteroatoms. The van der Waals surface area contributed by atoms with Gasteiger partial charge < -0.3 is 5.32 Å². The summed E-state index contributed by atoms with van der Waals surface area (Å²) in [7, 11) is 0. The number of rotatable bonds is 6. The predicted molar refractivity (Wildman–Crippen MR) is 113 cm³/mol. The average Bonchev–Trinajstić information content (AvgIpc) is 3.03. The molecule has 1 amide bonds. The summed E-state index contributed by atoms with van der Waals surface area (Å²) < 4.78 is 0. The third-order valence-electron chi connectivity index (χ3n) is 5.07. The summed E-state index contributed by atoms with van der Waals surface area (Å²) >= 11 is 1.54. The first-order valence-corrected chi connectivity index (χ1v) is 10.5. The van der Waals surface area contributed by atoms with Crippen LogP contribution in [0.2, 0.25) is 0 Å². The van der Waals surface area contributed by atoms with E-state index in [0.717, 1.165) is 54.9 Å². The van der Waals surface area contributed by atoms with E-state index in [0.29, 0.717) is 11.7 Å². The molecular weight excluding hydrogens is 354 g/mol. The van der Waals surface area contributed by atoms with Crippen LogP contribution in [0, 0.1) is 25.2 Å². The van der Waals surface area contributed by atoms with E-state index in [9.17, 15) is 4.79 Å². The molecular formula is C22H27N3OS. The van der Waals surface area contributed by atoms with E-state index in [1.54, 1.807) is 11.3 Å². The Kier molecular flexibility index (Phi) is 6.65. The topological polar surface area (TPSA) is 45.2 Å². The second-order valence-corrected chi connectivity index (χ2v) is 8.32. The number of anilines is 1. The average molecular weight is 382 g/mol. The molecule has 0 aliphatic carbocycles. The predicted octanol–water partition coefficient (Wildman–Crippen LogP) is 4.35. The van der Waals surface area contributed by atoms with Crippen LogP contribution in [0.25, 0.3) is 11.3 Å². The van der Waals surface area contributed by atoms with Crippen LogP contribution in [-0.4, -0.2) is 35.4 Å². The van der Waals surface area contributed by atoms with Crippen LogP contribution in [0.3, 0.4) is 0 Å². The van der Waals surface area contributed by atoms with Crippen LogP contribution in [0.4, 0.5) is 5.13 Å². The van der Waals surface area contributed by atoms with Gasteiger partial charge in [0.05, 0.1) is 12.2 Å². The van der Waals surface area contributed by atoms with Gasteiger partial charge in [-0.25, -0.2) is 4.98 Å². The molecule has 2 aromatic rings. The van der Waals surface area contributed by atoms with Crippen molar-refractivity contribution in [1.82, 2.24) is 9.88 Å². The highest BCUT2D eigenvalue weighted by molar-refractivity contribution is 7.16. The fraction of sp³-hybridized carbons (Fsp3) is 0.455. The minimum atomic E-state index is 0.0417. The number of terminal acetylenes is 1. The standard InChI is InChI=1S/C22H27N3OS/c1-4-6-17-7-9-18(10-8-17)20-16(3)27-22(23-20)24-21(26)19-11-14-25(13-5-2)15-12-19/h2,7-10,19H,4,6,11-15H2,1,3H3,(H,23,24,26). The Morgan fingerprint density at radius 2 is 2.04 bits per heavy atom. The number of amides is 1. The van der Waals surface area contributed by atoms with E-state index >= 15 is 0 Å². The smallest absolute Gasteiger partial charge is 0.229 e. The summed E-state index contributed by atoms with van der Waals surface area (Å²) in [4.78, 5) is 20.6. The highest BCUT2D eigenvalue weighted by atomic mass is 32.1. The maximum absolute atomic E-state index is 12.6. The highest BCUT2D eigenvalue weighted by Gasteiger charge is 2.25. The van der Waals surface area contributed by atoms with Gasteiger partial charge in [0.1, 0.15) is 0 Å². The Bertz CT molecular complexity index is 811. The molecule has 1 aromatic carbocycles. The zero-order valence-corrected chi connectivity index (χ0v) is 16.9. The minimum absolute atomic E-state index is 0.0417. The Morgan fingerprint density at radius 3 is 2.67 bits per heavy atom. The molecule has 3 rings (SSSR count). The van der Waals surface area contributed by atoms with Crippen molar-refractivity contribution in [1.29, 1.82) is 0 Å². The number of piperidine rings is 1. The number of nitrogens with zero attached hydrogens (tertiary/aromatic N) is 2. The molecule has 1 saturated heterocycles. The number of aromatic nitrogens is 1. The van der Waals surface area contributed by atoms with Crippen molar-refractivity contribution in [2.75, 3.05) is 25.0 Å². The normalized spacial score (nSPS) is 15.4. The number of benzene rings is 1. The van der Waals surface area contributed by atoms with E-state index in [2.05, 4.69) is 59.2 Å². The monoisotopic (exact) mass is 381 g/mol. The van der Waals surface area contributed by atoms with E-state index in [1.807, 2.05) is 0 Å². The van der Waals surface area contributed by atoms with Crippen molar-refractivity contribution < 1.29 is 4.79 Å². The molecule has 27 heavy (non-hydrogen) atoms. The van der Waals surface area contributed by atoms with Crippen LogP contribution < -0.4 is 5.32 Å². The number of hydrogen-bond acceptors (Lipinski definition) is 4. The second-order valence-electron chi connectivity index (χ2n) is 7.11. The number of hydrogen-bond donors (Lipinski definition) is 1. The second kappa shape index (κ2) is 9.16. The van der Waals surface area contributed by atoms with Gasteiger partial charge in [-0.15, -0.1) is 17.8 Å². The molecule has 0 atom stereocenters. The molecule has 1 aliphatic rings. The largest absolute Gasteiger partial charge is 0.302 e. The summed E-state index contributed by atoms with van der Waals surface area (Å²) in [5.74, 6) is 2.79. The van der Waals surface area contributed by atoms with E-state index in [4.69, 9.17) is 6.42 Å². The maximum atomic E-state index is 12.6. The van der Waals surface area contributed by atoms with E-state index in [-0.39, 0.29) is 11.8 Å². The molecule has 142 valence electrons. The molecule has 0 spiro atoms. The first-order valence-electron chi connectivity index (χ1n) is 9.64. The summed E-state index contributed by atoms with van der Waals surface area (Å²) in [6, 6.07) is 8.58. The van der Waals surface area contributed by atoms with E-state index in [1.165, 1.54) is 5.56 Å². The highest BCUT2D eigenvalue weighted by Crippen LogP contribution is 2.31. The van der Waals surface area contributed by atoms with Gasteiger partial charge in [0.2, 0.25) is 5.91 Å². The van der Waals surface area contributed by atoms with Crippen molar-refractivity contribution in [3.8, 4) is 23.6 Å². The SMILES string of the molecule is C#CCN1CCC(C(=O)Nc2nc(-c3ccc(CCC)cc3)c(C)s2)CC1. The fourth-order valence-electron chi connectivity index (χ4n) is 3.53. The lowest BCUT2D eigenvalue weighted by Crippen LogP contribution is -2.38. The van der Waals surface area contributed by atoms with Crippen molar-refractivity contribution in [2.24, 2.45) is 5.92 Å². The Morgan fingerprint density at radius 1 is 1.33 bits per heavy atom. The first kappa shape index (κ1) is 19.6. The number of aryl methyl sites for hydroxylation is 2. The summed E-state index contributed by atoms with van der Waals surface area (Å²) in [6.45, 7) is 6.68. The number of likely N-dealkylation sites (tertiary alicyclic amines) is 1. The van der Waals surface area contributed by atoms with Gasteiger partial charge in [0, 0.05) is 16.4 Å². The minimum Gasteiger partial charge on any atom is -0.302 e. The Balaban J connectivity index is 1.63. The molecule has 1 aliphatic heterocycles.